The smallest absolute Gasteiger partial charge is 0.164 e. The molecule has 264 valence electrons. The standard InChI is InChI=1S/C53H32N4/c1-4-15-33(16-5-1)38-27-28-44-41-24-13-12-23-40(41)42-25-14-26-45-49(42)50-46(30-29-43(38)48(44)50)57(45)47-32-37(31-36-21-10-11-22-39(36)47)53-55-51(34-17-6-2-7-18-34)54-52(56-53)35-19-8-3-9-20-35/h1-32H. The maximum absolute atomic E-state index is 5.16. The lowest BCUT2D eigenvalue weighted by Gasteiger charge is -2.17. The van der Waals surface area contributed by atoms with Crippen LogP contribution in [0.2, 0.25) is 0 Å². The van der Waals surface area contributed by atoms with Crippen molar-refractivity contribution in [1.82, 2.24) is 19.5 Å². The van der Waals surface area contributed by atoms with E-state index in [1.54, 1.807) is 0 Å². The van der Waals surface area contributed by atoms with E-state index in [2.05, 4.69) is 162 Å². The van der Waals surface area contributed by atoms with Crippen LogP contribution in [0.4, 0.5) is 0 Å². The summed E-state index contributed by atoms with van der Waals surface area (Å²) in [7, 11) is 0. The SMILES string of the molecule is c1ccc(-c2nc(-c3ccccc3)nc(-c3cc(-n4c5cccc6c5c5c7c(ccc(-c8ccccc8)c7ccc54)-c4ccccc4-6)c4ccccc4c3)n2)cc1. The minimum atomic E-state index is 0.631. The molecule has 0 N–H and O–H groups in total. The Balaban J connectivity index is 1.19. The van der Waals surface area contributed by atoms with Crippen LogP contribution < -0.4 is 0 Å². The van der Waals surface area contributed by atoms with E-state index in [9.17, 15) is 0 Å². The van der Waals surface area contributed by atoms with Gasteiger partial charge in [-0.1, -0.05) is 170 Å². The average Bonchev–Trinajstić information content (AvgIpc) is 3.57. The van der Waals surface area contributed by atoms with E-state index in [1.807, 2.05) is 36.4 Å². The number of nitrogens with zero attached hydrogens (tertiary/aromatic N) is 4. The lowest BCUT2D eigenvalue weighted by molar-refractivity contribution is 1.07. The van der Waals surface area contributed by atoms with E-state index in [0.717, 1.165) is 44.2 Å². The van der Waals surface area contributed by atoms with Crippen LogP contribution in [0, 0.1) is 0 Å². The van der Waals surface area contributed by atoms with E-state index < -0.39 is 0 Å². The molecule has 2 heterocycles. The van der Waals surface area contributed by atoms with Gasteiger partial charge in [-0.25, -0.2) is 15.0 Å². The van der Waals surface area contributed by atoms with Gasteiger partial charge in [-0.05, 0) is 68.4 Å². The first-order valence-electron chi connectivity index (χ1n) is 19.4. The van der Waals surface area contributed by atoms with Gasteiger partial charge in [0.1, 0.15) is 0 Å². The molecule has 0 fully saturated rings. The highest BCUT2D eigenvalue weighted by molar-refractivity contribution is 6.32. The molecule has 9 aromatic carbocycles. The molecule has 57 heavy (non-hydrogen) atoms. The van der Waals surface area contributed by atoms with Crippen LogP contribution in [0.1, 0.15) is 0 Å². The Labute approximate surface area is 329 Å². The molecule has 0 amide bonds. The van der Waals surface area contributed by atoms with Gasteiger partial charge in [0.2, 0.25) is 0 Å². The molecule has 11 aromatic rings. The van der Waals surface area contributed by atoms with Crippen molar-refractivity contribution in [2.24, 2.45) is 0 Å². The topological polar surface area (TPSA) is 43.6 Å². The second-order valence-corrected chi connectivity index (χ2v) is 14.7. The van der Waals surface area contributed by atoms with Crippen molar-refractivity contribution in [1.29, 1.82) is 0 Å². The molecule has 2 aromatic heterocycles. The van der Waals surface area contributed by atoms with Crippen molar-refractivity contribution in [3.63, 3.8) is 0 Å². The van der Waals surface area contributed by atoms with Gasteiger partial charge < -0.3 is 4.57 Å². The highest BCUT2D eigenvalue weighted by Gasteiger charge is 2.26. The van der Waals surface area contributed by atoms with Gasteiger partial charge in [0, 0.05) is 38.2 Å². The van der Waals surface area contributed by atoms with Gasteiger partial charge >= 0.3 is 0 Å². The van der Waals surface area contributed by atoms with Crippen LogP contribution in [0.25, 0.3) is 117 Å². The molecule has 4 nitrogen and oxygen atoms in total. The zero-order valence-corrected chi connectivity index (χ0v) is 30.8. The molecule has 0 saturated carbocycles. The predicted molar refractivity (Wildman–Crippen MR) is 235 cm³/mol. The van der Waals surface area contributed by atoms with Crippen molar-refractivity contribution in [2.75, 3.05) is 0 Å². The molecule has 0 spiro atoms. The molecule has 0 radical (unpaired) electrons. The Morgan fingerprint density at radius 3 is 1.51 bits per heavy atom. The number of aromatic nitrogens is 4. The van der Waals surface area contributed by atoms with Gasteiger partial charge in [0.05, 0.1) is 16.7 Å². The van der Waals surface area contributed by atoms with Crippen molar-refractivity contribution < 1.29 is 0 Å². The first-order chi connectivity index (χ1) is 28.3. The zero-order valence-electron chi connectivity index (χ0n) is 30.8. The van der Waals surface area contributed by atoms with Crippen molar-refractivity contribution >= 4 is 43.4 Å². The highest BCUT2D eigenvalue weighted by atomic mass is 15.0. The van der Waals surface area contributed by atoms with Crippen LogP contribution in [-0.2, 0) is 0 Å². The predicted octanol–water partition coefficient (Wildman–Crippen LogP) is 13.6. The second kappa shape index (κ2) is 12.4. The second-order valence-electron chi connectivity index (χ2n) is 14.7. The minimum absolute atomic E-state index is 0.631. The summed E-state index contributed by atoms with van der Waals surface area (Å²) in [4.78, 5) is 15.3. The normalized spacial score (nSPS) is 11.9. The molecule has 0 saturated heterocycles. The summed E-state index contributed by atoms with van der Waals surface area (Å²) < 4.78 is 2.48. The number of fused-ring (bicyclic) bond motifs is 4. The third kappa shape index (κ3) is 4.84. The van der Waals surface area contributed by atoms with Gasteiger partial charge in [-0.2, -0.15) is 0 Å². The van der Waals surface area contributed by atoms with E-state index in [1.165, 1.54) is 54.9 Å². The Morgan fingerprint density at radius 1 is 0.298 bits per heavy atom. The quantitative estimate of drug-likeness (QED) is 0.177. The molecule has 0 unspecified atom stereocenters. The fraction of sp³-hybridized carbons (Fsp3) is 0. The number of hydrogen-bond acceptors (Lipinski definition) is 3. The lowest BCUT2D eigenvalue weighted by Crippen LogP contribution is -2.02. The van der Waals surface area contributed by atoms with Crippen molar-refractivity contribution in [3.8, 4) is 73.2 Å². The van der Waals surface area contributed by atoms with Crippen molar-refractivity contribution in [3.05, 3.63) is 194 Å². The third-order valence-corrected chi connectivity index (χ3v) is 11.6. The van der Waals surface area contributed by atoms with E-state index in [0.29, 0.717) is 17.5 Å². The highest BCUT2D eigenvalue weighted by Crippen LogP contribution is 2.51. The Hall–Kier alpha value is -7.69. The zero-order chi connectivity index (χ0) is 37.5. The fourth-order valence-electron chi connectivity index (χ4n) is 9.07. The Morgan fingerprint density at radius 2 is 0.825 bits per heavy atom. The first-order valence-corrected chi connectivity index (χ1v) is 19.4. The summed E-state index contributed by atoms with van der Waals surface area (Å²) >= 11 is 0. The van der Waals surface area contributed by atoms with E-state index >= 15 is 0 Å². The minimum Gasteiger partial charge on any atom is -0.309 e. The molecule has 1 aliphatic rings. The fourth-order valence-corrected chi connectivity index (χ4v) is 9.07. The van der Waals surface area contributed by atoms with Crippen LogP contribution in [0.3, 0.4) is 0 Å². The van der Waals surface area contributed by atoms with Crippen molar-refractivity contribution in [2.45, 2.75) is 0 Å². The van der Waals surface area contributed by atoms with Crippen LogP contribution in [0.5, 0.6) is 0 Å². The molecule has 12 rings (SSSR count). The van der Waals surface area contributed by atoms with Crippen LogP contribution >= 0.6 is 0 Å². The number of hydrogen-bond donors (Lipinski definition) is 0. The number of rotatable bonds is 5. The molecule has 1 aliphatic carbocycles. The van der Waals surface area contributed by atoms with E-state index in [4.69, 9.17) is 15.0 Å². The molecule has 0 atom stereocenters. The molecular formula is C53H32N4. The van der Waals surface area contributed by atoms with Crippen LogP contribution in [0.15, 0.2) is 194 Å². The van der Waals surface area contributed by atoms with Gasteiger partial charge in [-0.15, -0.1) is 0 Å². The lowest BCUT2D eigenvalue weighted by atomic mass is 9.90. The van der Waals surface area contributed by atoms with Gasteiger partial charge in [0.25, 0.3) is 0 Å². The summed E-state index contributed by atoms with van der Waals surface area (Å²) in [5.41, 5.74) is 13.7. The Kier molecular flexibility index (Phi) is 6.89. The first kappa shape index (κ1) is 31.6. The van der Waals surface area contributed by atoms with Gasteiger partial charge in [-0.3, -0.25) is 0 Å². The maximum atomic E-state index is 5.16. The van der Waals surface area contributed by atoms with Crippen LogP contribution in [-0.4, -0.2) is 19.5 Å². The molecule has 0 aliphatic heterocycles. The summed E-state index contributed by atoms with van der Waals surface area (Å²) in [6.45, 7) is 0. The van der Waals surface area contributed by atoms with E-state index in [-0.39, 0.29) is 0 Å². The molecular weight excluding hydrogens is 693 g/mol. The summed E-state index contributed by atoms with van der Waals surface area (Å²) in [6.07, 6.45) is 0. The number of benzene rings is 9. The summed E-state index contributed by atoms with van der Waals surface area (Å²) in [5, 5.41) is 7.35. The third-order valence-electron chi connectivity index (χ3n) is 11.6. The average molecular weight is 725 g/mol. The Bertz CT molecular complexity index is 3330. The molecule has 4 heteroatoms. The molecule has 0 bridgehead atoms. The maximum Gasteiger partial charge on any atom is 0.164 e. The van der Waals surface area contributed by atoms with Gasteiger partial charge in [0.15, 0.2) is 17.5 Å². The largest absolute Gasteiger partial charge is 0.309 e. The monoisotopic (exact) mass is 724 g/mol. The summed E-state index contributed by atoms with van der Waals surface area (Å²) in [6, 6.07) is 69.3. The summed E-state index contributed by atoms with van der Waals surface area (Å²) in [5.74, 6) is 1.92.